The second-order valence-corrected chi connectivity index (χ2v) is 9.69. The molecule has 3 heterocycles. The maximum atomic E-state index is 14.6. The fraction of sp³-hybridized carbons (Fsp3) is 0.286. The number of amides is 2. The molecule has 0 fully saturated rings. The molecular weight excluding hydrogens is 515 g/mol. The Morgan fingerprint density at radius 2 is 1.98 bits per heavy atom. The molecule has 3 aliphatic rings. The average Bonchev–Trinajstić information content (AvgIpc) is 3.58. The van der Waals surface area contributed by atoms with Crippen LogP contribution in [0.25, 0.3) is 11.4 Å². The third-order valence-corrected chi connectivity index (χ3v) is 7.08. The number of benzene rings is 2. The van der Waals surface area contributed by atoms with Crippen LogP contribution in [-0.2, 0) is 11.2 Å². The van der Waals surface area contributed by atoms with Gasteiger partial charge < -0.3 is 30.6 Å². The molecule has 0 saturated heterocycles. The Hall–Kier alpha value is -4.71. The molecule has 0 saturated carbocycles. The zero-order valence-corrected chi connectivity index (χ0v) is 22.9. The standard InChI is InChI=1S/C28H31FN8O3/c1-15(36(3)4)27(39)37-12-10-16-13-22(40-5)20(14-21(16)37)33-28-34-24-17(9-11-31-24)25(35-28)32-19-8-6-7-18(29)23(19)26(38)30-2/h6-9,11,13-15H,10,12H2,1-5H3,(H,30,38)(H3,31,32,33,34,35)/t15-/m0/s1. The van der Waals surface area contributed by atoms with Gasteiger partial charge in [-0.15, -0.1) is 0 Å². The summed E-state index contributed by atoms with van der Waals surface area (Å²) in [5.74, 6) is 0.580. The number of hydrogen-bond acceptors (Lipinski definition) is 8. The summed E-state index contributed by atoms with van der Waals surface area (Å²) in [6.45, 7) is 2.47. The lowest BCUT2D eigenvalue weighted by Gasteiger charge is -2.26. The van der Waals surface area contributed by atoms with Crippen molar-refractivity contribution in [3.8, 4) is 17.1 Å². The Labute approximate surface area is 231 Å². The number of ether oxygens (including phenoxy) is 1. The van der Waals surface area contributed by atoms with Crippen molar-refractivity contribution in [3.05, 3.63) is 59.5 Å². The highest BCUT2D eigenvalue weighted by Gasteiger charge is 2.30. The summed E-state index contributed by atoms with van der Waals surface area (Å²) in [7, 11) is 6.77. The van der Waals surface area contributed by atoms with E-state index in [1.54, 1.807) is 30.3 Å². The monoisotopic (exact) mass is 546 g/mol. The average molecular weight is 547 g/mol. The molecule has 0 aromatic heterocycles. The minimum absolute atomic E-state index is 0.0143. The van der Waals surface area contributed by atoms with E-state index in [-0.39, 0.29) is 23.2 Å². The Kier molecular flexibility index (Phi) is 7.26. The predicted molar refractivity (Wildman–Crippen MR) is 152 cm³/mol. The van der Waals surface area contributed by atoms with E-state index in [2.05, 4.69) is 30.9 Å². The molecule has 0 bridgehead atoms. The van der Waals surface area contributed by atoms with Crippen molar-refractivity contribution in [2.45, 2.75) is 19.4 Å². The van der Waals surface area contributed by atoms with Crippen LogP contribution in [0.1, 0.15) is 22.8 Å². The van der Waals surface area contributed by atoms with Gasteiger partial charge in [0.25, 0.3) is 5.91 Å². The lowest BCUT2D eigenvalue weighted by molar-refractivity contribution is -0.122. The summed E-state index contributed by atoms with van der Waals surface area (Å²) in [6, 6.07) is 9.62. The molecule has 3 aliphatic heterocycles. The molecule has 0 unspecified atom stereocenters. The summed E-state index contributed by atoms with van der Waals surface area (Å²) in [5, 5.41) is 8.83. The highest BCUT2D eigenvalue weighted by molar-refractivity contribution is 6.01. The second-order valence-electron chi connectivity index (χ2n) is 9.69. The minimum Gasteiger partial charge on any atom is -0.495 e. The lowest BCUT2D eigenvalue weighted by Crippen LogP contribution is -2.43. The highest BCUT2D eigenvalue weighted by atomic mass is 19.1. The third-order valence-electron chi connectivity index (χ3n) is 7.08. The number of aromatic amines is 1. The number of methoxy groups -OCH3 is 1. The van der Waals surface area contributed by atoms with Crippen molar-refractivity contribution < 1.29 is 18.7 Å². The number of anilines is 5. The first-order valence-corrected chi connectivity index (χ1v) is 12.8. The van der Waals surface area contributed by atoms with Crippen LogP contribution in [0.3, 0.4) is 0 Å². The van der Waals surface area contributed by atoms with Crippen LogP contribution in [0.5, 0.6) is 5.75 Å². The van der Waals surface area contributed by atoms with Gasteiger partial charge in [-0.2, -0.15) is 4.98 Å². The number of H-pyrrole nitrogens is 1. The number of carbonyl (C=O) groups excluding carboxylic acids is 2. The fourth-order valence-corrected chi connectivity index (χ4v) is 4.69. The van der Waals surface area contributed by atoms with E-state index in [1.165, 1.54) is 19.2 Å². The summed E-state index contributed by atoms with van der Waals surface area (Å²) in [6.07, 6.45) is 2.34. The number of likely N-dealkylation sites (N-methyl/N-ethyl adjacent to an activating group) is 1. The SMILES string of the molecule is CNC(=O)c1c(F)cccc1Nc1nc(Nc2cc3c(cc2OC)CCN3C(=O)[C@H](C)N(C)C)[nH]c2nccc1-2. The van der Waals surface area contributed by atoms with Crippen molar-refractivity contribution in [1.82, 2.24) is 25.2 Å². The van der Waals surface area contributed by atoms with E-state index in [1.807, 2.05) is 38.1 Å². The molecule has 12 heteroatoms. The number of carbonyl (C=O) groups is 2. The van der Waals surface area contributed by atoms with Gasteiger partial charge in [-0.1, -0.05) is 6.07 Å². The second kappa shape index (κ2) is 10.8. The van der Waals surface area contributed by atoms with Crippen molar-refractivity contribution in [3.63, 3.8) is 0 Å². The summed E-state index contributed by atoms with van der Waals surface area (Å²) >= 11 is 0. The van der Waals surface area contributed by atoms with E-state index in [0.717, 1.165) is 17.7 Å². The van der Waals surface area contributed by atoms with Gasteiger partial charge in [0.15, 0.2) is 0 Å². The van der Waals surface area contributed by atoms with Gasteiger partial charge >= 0.3 is 0 Å². The van der Waals surface area contributed by atoms with E-state index >= 15 is 0 Å². The highest BCUT2D eigenvalue weighted by Crippen LogP contribution is 2.39. The van der Waals surface area contributed by atoms with Gasteiger partial charge in [0.05, 0.1) is 35.7 Å². The van der Waals surface area contributed by atoms with Crippen LogP contribution in [-0.4, -0.2) is 72.5 Å². The van der Waals surface area contributed by atoms with E-state index < -0.39 is 11.7 Å². The van der Waals surface area contributed by atoms with Crippen LogP contribution in [0.15, 0.2) is 42.6 Å². The first-order chi connectivity index (χ1) is 19.2. The molecule has 2 aromatic carbocycles. The molecule has 5 rings (SSSR count). The summed E-state index contributed by atoms with van der Waals surface area (Å²) < 4.78 is 20.2. The smallest absolute Gasteiger partial charge is 0.256 e. The maximum absolute atomic E-state index is 14.6. The number of nitrogens with one attached hydrogen (secondary N) is 4. The first kappa shape index (κ1) is 26.9. The Morgan fingerprint density at radius 3 is 2.70 bits per heavy atom. The Balaban J connectivity index is 1.52. The summed E-state index contributed by atoms with van der Waals surface area (Å²) in [4.78, 5) is 41.4. The van der Waals surface area contributed by atoms with Gasteiger partial charge in [0.1, 0.15) is 23.2 Å². The van der Waals surface area contributed by atoms with Crippen LogP contribution < -0.4 is 25.6 Å². The van der Waals surface area contributed by atoms with Crippen molar-refractivity contribution in [2.75, 3.05) is 50.3 Å². The van der Waals surface area contributed by atoms with Crippen molar-refractivity contribution in [1.29, 1.82) is 0 Å². The lowest BCUT2D eigenvalue weighted by atomic mass is 10.1. The van der Waals surface area contributed by atoms with Crippen LogP contribution >= 0.6 is 0 Å². The van der Waals surface area contributed by atoms with Gasteiger partial charge in [0, 0.05) is 25.5 Å². The number of aromatic nitrogens is 3. The molecule has 11 nitrogen and oxygen atoms in total. The molecule has 208 valence electrons. The minimum atomic E-state index is -0.660. The largest absolute Gasteiger partial charge is 0.495 e. The zero-order chi connectivity index (χ0) is 28.6. The Morgan fingerprint density at radius 1 is 1.18 bits per heavy atom. The predicted octanol–water partition coefficient (Wildman–Crippen LogP) is 3.74. The van der Waals surface area contributed by atoms with Gasteiger partial charge in [-0.3, -0.25) is 14.5 Å². The molecule has 4 N–H and O–H groups in total. The van der Waals surface area contributed by atoms with Crippen LogP contribution in [0.4, 0.5) is 33.2 Å². The molecule has 1 atom stereocenters. The molecular formula is C28H31FN8O3. The molecule has 0 aliphatic carbocycles. The van der Waals surface area contributed by atoms with Crippen molar-refractivity contribution in [2.24, 2.45) is 0 Å². The third kappa shape index (κ3) is 4.89. The zero-order valence-electron chi connectivity index (χ0n) is 22.9. The van der Waals surface area contributed by atoms with Crippen molar-refractivity contribution >= 4 is 40.6 Å². The van der Waals surface area contributed by atoms with Gasteiger partial charge in [-0.25, -0.2) is 9.37 Å². The van der Waals surface area contributed by atoms with Crippen LogP contribution in [0, 0.1) is 5.82 Å². The number of fused-ring (bicyclic) bond motifs is 2. The van der Waals surface area contributed by atoms with Gasteiger partial charge in [-0.05, 0) is 63.3 Å². The fourth-order valence-electron chi connectivity index (χ4n) is 4.69. The number of rotatable bonds is 8. The quantitative estimate of drug-likeness (QED) is 0.263. The Bertz CT molecular complexity index is 1550. The normalized spacial score (nSPS) is 13.3. The number of halogens is 1. The summed E-state index contributed by atoms with van der Waals surface area (Å²) in [5.41, 5.74) is 3.19. The van der Waals surface area contributed by atoms with E-state index in [0.29, 0.717) is 41.1 Å². The van der Waals surface area contributed by atoms with Gasteiger partial charge in [0.2, 0.25) is 11.9 Å². The number of nitrogens with zero attached hydrogens (tertiary/aromatic N) is 4. The van der Waals surface area contributed by atoms with Crippen LogP contribution in [0.2, 0.25) is 0 Å². The molecule has 2 aromatic rings. The van der Waals surface area contributed by atoms with E-state index in [4.69, 9.17) is 4.74 Å². The number of hydrogen-bond donors (Lipinski definition) is 4. The maximum Gasteiger partial charge on any atom is 0.256 e. The molecule has 0 radical (unpaired) electrons. The molecule has 0 spiro atoms. The van der Waals surface area contributed by atoms with E-state index in [9.17, 15) is 14.0 Å². The first-order valence-electron chi connectivity index (χ1n) is 12.8. The molecule has 40 heavy (non-hydrogen) atoms. The molecule has 2 amide bonds. The topological polar surface area (TPSA) is 128 Å².